The number of fused-ring (bicyclic) bond motifs is 1. The van der Waals surface area contributed by atoms with E-state index in [0.717, 1.165) is 12.3 Å². The molecule has 1 fully saturated rings. The van der Waals surface area contributed by atoms with Crippen molar-refractivity contribution in [2.24, 2.45) is 0 Å². The standard InChI is InChI=1S/C22H24NO/c1-2-8-21(9-3-1)24-22-12-10-18(11-13-22)16-23-15-14-19-6-4-5-7-20(19)17-23/h4-7,10-15,17,21H,1-3,8-9,16H2/q+1. The van der Waals surface area contributed by atoms with Gasteiger partial charge in [0.15, 0.2) is 18.9 Å². The van der Waals surface area contributed by atoms with Crippen LogP contribution in [0.4, 0.5) is 0 Å². The molecule has 122 valence electrons. The van der Waals surface area contributed by atoms with Crippen LogP contribution in [0.3, 0.4) is 0 Å². The Bertz CT molecular complexity index is 804. The predicted molar refractivity (Wildman–Crippen MR) is 97.2 cm³/mol. The van der Waals surface area contributed by atoms with E-state index in [1.54, 1.807) is 0 Å². The maximum atomic E-state index is 6.11. The second-order valence-corrected chi connectivity index (χ2v) is 6.77. The molecule has 0 spiro atoms. The molecular formula is C22H24NO+. The summed E-state index contributed by atoms with van der Waals surface area (Å²) in [5.74, 6) is 1.01. The van der Waals surface area contributed by atoms with Gasteiger partial charge in [0.25, 0.3) is 0 Å². The third kappa shape index (κ3) is 3.59. The molecule has 1 aliphatic carbocycles. The van der Waals surface area contributed by atoms with Gasteiger partial charge in [0, 0.05) is 17.0 Å². The van der Waals surface area contributed by atoms with Crippen LogP contribution in [-0.2, 0) is 6.54 Å². The Labute approximate surface area is 143 Å². The molecule has 1 aromatic heterocycles. The largest absolute Gasteiger partial charge is 0.490 e. The zero-order valence-electron chi connectivity index (χ0n) is 14.0. The Kier molecular flexibility index (Phi) is 4.46. The first-order valence-corrected chi connectivity index (χ1v) is 9.00. The SMILES string of the molecule is c1ccc2c[n+](Cc3ccc(OC4CCCCC4)cc3)ccc2c1. The maximum Gasteiger partial charge on any atom is 0.176 e. The zero-order valence-corrected chi connectivity index (χ0v) is 14.0. The van der Waals surface area contributed by atoms with E-state index in [2.05, 4.69) is 71.6 Å². The van der Waals surface area contributed by atoms with E-state index in [4.69, 9.17) is 4.74 Å². The van der Waals surface area contributed by atoms with E-state index >= 15 is 0 Å². The van der Waals surface area contributed by atoms with E-state index in [1.165, 1.54) is 48.4 Å². The van der Waals surface area contributed by atoms with Crippen molar-refractivity contribution in [2.45, 2.75) is 44.8 Å². The molecule has 4 rings (SSSR count). The fourth-order valence-corrected chi connectivity index (χ4v) is 3.54. The van der Waals surface area contributed by atoms with Gasteiger partial charge in [0.1, 0.15) is 5.75 Å². The number of rotatable bonds is 4. The molecule has 0 radical (unpaired) electrons. The van der Waals surface area contributed by atoms with E-state index in [-0.39, 0.29) is 0 Å². The van der Waals surface area contributed by atoms with Crippen molar-refractivity contribution >= 4 is 10.8 Å². The van der Waals surface area contributed by atoms with Crippen molar-refractivity contribution in [1.29, 1.82) is 0 Å². The summed E-state index contributed by atoms with van der Waals surface area (Å²) >= 11 is 0. The first-order chi connectivity index (χ1) is 11.9. The first-order valence-electron chi connectivity index (χ1n) is 9.00. The number of hydrogen-bond acceptors (Lipinski definition) is 1. The molecule has 0 amide bonds. The van der Waals surface area contributed by atoms with Crippen LogP contribution >= 0.6 is 0 Å². The first kappa shape index (κ1) is 15.2. The van der Waals surface area contributed by atoms with Gasteiger partial charge in [-0.1, -0.05) is 24.6 Å². The molecule has 0 bridgehead atoms. The summed E-state index contributed by atoms with van der Waals surface area (Å²) in [7, 11) is 0. The number of benzene rings is 2. The van der Waals surface area contributed by atoms with Crippen LogP contribution in [0.5, 0.6) is 5.75 Å². The normalized spacial score (nSPS) is 15.5. The monoisotopic (exact) mass is 318 g/mol. The highest BCUT2D eigenvalue weighted by Gasteiger charge is 2.14. The highest BCUT2D eigenvalue weighted by atomic mass is 16.5. The third-order valence-electron chi connectivity index (χ3n) is 4.89. The van der Waals surface area contributed by atoms with Gasteiger partial charge in [-0.05, 0) is 61.4 Å². The molecule has 3 aromatic rings. The van der Waals surface area contributed by atoms with Gasteiger partial charge in [-0.15, -0.1) is 0 Å². The molecular weight excluding hydrogens is 294 g/mol. The highest BCUT2D eigenvalue weighted by molar-refractivity contribution is 5.80. The molecule has 0 atom stereocenters. The van der Waals surface area contributed by atoms with Crippen LogP contribution in [0.2, 0.25) is 0 Å². The smallest absolute Gasteiger partial charge is 0.176 e. The second kappa shape index (κ2) is 7.04. The van der Waals surface area contributed by atoms with Crippen molar-refractivity contribution in [3.63, 3.8) is 0 Å². The number of pyridine rings is 1. The lowest BCUT2D eigenvalue weighted by molar-refractivity contribution is -0.687. The van der Waals surface area contributed by atoms with Gasteiger partial charge in [0.05, 0.1) is 6.10 Å². The third-order valence-corrected chi connectivity index (χ3v) is 4.89. The maximum absolute atomic E-state index is 6.11. The average molecular weight is 318 g/mol. The molecule has 0 saturated heterocycles. The minimum absolute atomic E-state index is 0.416. The molecule has 24 heavy (non-hydrogen) atoms. The van der Waals surface area contributed by atoms with Crippen LogP contribution in [0, 0.1) is 0 Å². The average Bonchev–Trinajstić information content (AvgIpc) is 2.64. The second-order valence-electron chi connectivity index (χ2n) is 6.77. The summed E-state index contributed by atoms with van der Waals surface area (Å²) in [6.45, 7) is 0.883. The Morgan fingerprint density at radius 2 is 1.58 bits per heavy atom. The molecule has 1 saturated carbocycles. The minimum atomic E-state index is 0.416. The van der Waals surface area contributed by atoms with Crippen LogP contribution < -0.4 is 9.30 Å². The van der Waals surface area contributed by atoms with Crippen molar-refractivity contribution in [2.75, 3.05) is 0 Å². The topological polar surface area (TPSA) is 13.1 Å². The summed E-state index contributed by atoms with van der Waals surface area (Å²) in [5.41, 5.74) is 1.30. The van der Waals surface area contributed by atoms with Gasteiger partial charge in [-0.2, -0.15) is 0 Å². The van der Waals surface area contributed by atoms with Crippen molar-refractivity contribution in [1.82, 2.24) is 0 Å². The van der Waals surface area contributed by atoms with Crippen molar-refractivity contribution < 1.29 is 9.30 Å². The molecule has 2 heteroatoms. The Hall–Kier alpha value is -2.35. The van der Waals surface area contributed by atoms with Crippen LogP contribution in [-0.4, -0.2) is 6.10 Å². The lowest BCUT2D eigenvalue weighted by Crippen LogP contribution is -2.33. The fourth-order valence-electron chi connectivity index (χ4n) is 3.54. The number of aromatic nitrogens is 1. The minimum Gasteiger partial charge on any atom is -0.490 e. The Morgan fingerprint density at radius 3 is 2.38 bits per heavy atom. The summed E-state index contributed by atoms with van der Waals surface area (Å²) < 4.78 is 8.35. The number of hydrogen-bond donors (Lipinski definition) is 0. The summed E-state index contributed by atoms with van der Waals surface area (Å²) in [5, 5.41) is 2.56. The molecule has 0 unspecified atom stereocenters. The molecule has 0 aliphatic heterocycles. The van der Waals surface area contributed by atoms with Crippen LogP contribution in [0.15, 0.2) is 67.0 Å². The Morgan fingerprint density at radius 1 is 0.833 bits per heavy atom. The van der Waals surface area contributed by atoms with Gasteiger partial charge in [-0.25, -0.2) is 4.57 Å². The lowest BCUT2D eigenvalue weighted by Gasteiger charge is -2.22. The van der Waals surface area contributed by atoms with Crippen molar-refractivity contribution in [3.8, 4) is 5.75 Å². The number of ether oxygens (including phenoxy) is 1. The summed E-state index contributed by atoms with van der Waals surface area (Å²) in [4.78, 5) is 0. The van der Waals surface area contributed by atoms with E-state index < -0.39 is 0 Å². The van der Waals surface area contributed by atoms with Gasteiger partial charge < -0.3 is 4.74 Å². The van der Waals surface area contributed by atoms with Crippen LogP contribution in [0.25, 0.3) is 10.8 Å². The predicted octanol–water partition coefficient (Wildman–Crippen LogP) is 4.89. The van der Waals surface area contributed by atoms with Gasteiger partial charge in [0.2, 0.25) is 0 Å². The molecule has 0 N–H and O–H groups in total. The van der Waals surface area contributed by atoms with E-state index in [9.17, 15) is 0 Å². The molecule has 1 heterocycles. The number of nitrogens with zero attached hydrogens (tertiary/aromatic N) is 1. The molecule has 2 aromatic carbocycles. The molecule has 2 nitrogen and oxygen atoms in total. The van der Waals surface area contributed by atoms with Gasteiger partial charge >= 0.3 is 0 Å². The van der Waals surface area contributed by atoms with Crippen molar-refractivity contribution in [3.05, 3.63) is 72.6 Å². The van der Waals surface area contributed by atoms with E-state index in [1.807, 2.05) is 0 Å². The van der Waals surface area contributed by atoms with E-state index in [0.29, 0.717) is 6.10 Å². The lowest BCUT2D eigenvalue weighted by atomic mass is 9.98. The van der Waals surface area contributed by atoms with Gasteiger partial charge in [-0.3, -0.25) is 0 Å². The fraction of sp³-hybridized carbons (Fsp3) is 0.318. The molecule has 1 aliphatic rings. The Balaban J connectivity index is 1.44. The summed E-state index contributed by atoms with van der Waals surface area (Å²) in [6.07, 6.45) is 11.2. The summed E-state index contributed by atoms with van der Waals surface area (Å²) in [6, 6.07) is 19.2. The zero-order chi connectivity index (χ0) is 16.2. The quantitative estimate of drug-likeness (QED) is 0.624. The highest BCUT2D eigenvalue weighted by Crippen LogP contribution is 2.23. The van der Waals surface area contributed by atoms with Crippen LogP contribution in [0.1, 0.15) is 37.7 Å².